The number of benzene rings is 2. The van der Waals surface area contributed by atoms with E-state index in [0.29, 0.717) is 19.0 Å². The Kier molecular flexibility index (Phi) is 14.6. The second-order valence-corrected chi connectivity index (χ2v) is 18.0. The highest BCUT2D eigenvalue weighted by Gasteiger charge is 2.29. The number of H-pyrrole nitrogens is 2. The highest BCUT2D eigenvalue weighted by Crippen LogP contribution is 2.36. The van der Waals surface area contributed by atoms with E-state index in [2.05, 4.69) is 66.9 Å². The SMILES string of the molecule is C.C[C@@H](O)C(=O)N1CCC(c2nc3c(-c4ccc(-c5ccccc5)nc4)cnn3c3[nH]ccc23)CC1.C[C@@H](O)C(=O)O.c1ccc(-c2ccc(-c3cnn4c3nc(C3CCNCC3)c3cc[nH]c34)cn2)cc1. The van der Waals surface area contributed by atoms with Crippen LogP contribution in [0.4, 0.5) is 0 Å². The number of hydrogen-bond acceptors (Lipinski definition) is 11. The van der Waals surface area contributed by atoms with Crippen LogP contribution in [0.2, 0.25) is 0 Å². The zero-order chi connectivity index (χ0) is 49.0. The molecule has 8 aromatic heterocycles. The Morgan fingerprint density at radius 3 is 1.43 bits per heavy atom. The number of aliphatic carboxylic acids is 1. The number of nitrogens with one attached hydrogen (secondary N) is 3. The average molecular weight is 967 g/mol. The molecule has 2 aliphatic rings. The van der Waals surface area contributed by atoms with Crippen molar-refractivity contribution < 1.29 is 24.9 Å². The van der Waals surface area contributed by atoms with Gasteiger partial charge in [-0.3, -0.25) is 14.8 Å². The number of rotatable bonds is 8. The van der Waals surface area contributed by atoms with Crippen molar-refractivity contribution in [2.45, 2.75) is 71.0 Å². The molecule has 17 heteroatoms. The molecular formula is C55H58N12O5. The first-order valence-electron chi connectivity index (χ1n) is 23.9. The van der Waals surface area contributed by atoms with Crippen molar-refractivity contribution in [1.29, 1.82) is 0 Å². The van der Waals surface area contributed by atoms with Crippen LogP contribution in [-0.2, 0) is 9.59 Å². The monoisotopic (exact) mass is 966 g/mol. The van der Waals surface area contributed by atoms with Gasteiger partial charge in [-0.1, -0.05) is 80.2 Å². The smallest absolute Gasteiger partial charge is 0.332 e. The van der Waals surface area contributed by atoms with Gasteiger partial charge < -0.3 is 35.5 Å². The molecule has 2 aliphatic heterocycles. The van der Waals surface area contributed by atoms with Crippen molar-refractivity contribution in [3.05, 3.63) is 146 Å². The molecule has 2 atom stereocenters. The number of carboxylic acids is 1. The Labute approximate surface area is 415 Å². The van der Waals surface area contributed by atoms with Crippen LogP contribution < -0.4 is 5.32 Å². The first kappa shape index (κ1) is 48.9. The predicted molar refractivity (Wildman–Crippen MR) is 278 cm³/mol. The minimum Gasteiger partial charge on any atom is -0.479 e. The average Bonchev–Trinajstić information content (AvgIpc) is 4.26. The van der Waals surface area contributed by atoms with E-state index in [1.165, 1.54) is 24.9 Å². The summed E-state index contributed by atoms with van der Waals surface area (Å²) in [5.74, 6) is -0.702. The molecule has 2 fully saturated rings. The fourth-order valence-electron chi connectivity index (χ4n) is 9.49. The first-order chi connectivity index (χ1) is 34.6. The molecule has 0 bridgehead atoms. The lowest BCUT2D eigenvalue weighted by Gasteiger charge is -2.32. The second kappa shape index (κ2) is 21.5. The lowest BCUT2D eigenvalue weighted by molar-refractivity contribution is -0.145. The summed E-state index contributed by atoms with van der Waals surface area (Å²) in [7, 11) is 0. The van der Waals surface area contributed by atoms with Gasteiger partial charge in [0.25, 0.3) is 5.91 Å². The maximum absolute atomic E-state index is 12.2. The molecule has 2 aromatic carbocycles. The number of fused-ring (bicyclic) bond motifs is 6. The number of amides is 1. The number of likely N-dealkylation sites (tertiary alicyclic amines) is 1. The van der Waals surface area contributed by atoms with Crippen LogP contribution >= 0.6 is 0 Å². The molecule has 12 rings (SSSR count). The van der Waals surface area contributed by atoms with Crippen molar-refractivity contribution in [1.82, 2.24) is 59.3 Å². The minimum atomic E-state index is -1.23. The van der Waals surface area contributed by atoms with E-state index < -0.39 is 18.2 Å². The number of piperidine rings is 2. The van der Waals surface area contributed by atoms with Crippen molar-refractivity contribution >= 4 is 45.2 Å². The summed E-state index contributed by atoms with van der Waals surface area (Å²) >= 11 is 0. The highest BCUT2D eigenvalue weighted by molar-refractivity contribution is 5.88. The second-order valence-electron chi connectivity index (χ2n) is 18.0. The Balaban J connectivity index is 0.000000159. The lowest BCUT2D eigenvalue weighted by atomic mass is 9.91. The van der Waals surface area contributed by atoms with Crippen molar-refractivity contribution in [3.8, 4) is 44.8 Å². The molecule has 0 unspecified atom stereocenters. The lowest BCUT2D eigenvalue weighted by Crippen LogP contribution is -2.42. The van der Waals surface area contributed by atoms with Crippen LogP contribution in [0, 0.1) is 0 Å². The van der Waals surface area contributed by atoms with Gasteiger partial charge in [-0.2, -0.15) is 19.2 Å². The van der Waals surface area contributed by atoms with Crippen LogP contribution in [0.5, 0.6) is 0 Å². The van der Waals surface area contributed by atoms with Crippen LogP contribution in [0.3, 0.4) is 0 Å². The van der Waals surface area contributed by atoms with E-state index in [1.54, 1.807) is 4.90 Å². The number of aromatic nitrogens is 10. The normalized spacial score (nSPS) is 15.1. The Hall–Kier alpha value is -8.12. The van der Waals surface area contributed by atoms with Gasteiger partial charge in [0.05, 0.1) is 35.2 Å². The fraction of sp³-hybridized carbons (Fsp3) is 0.273. The van der Waals surface area contributed by atoms with E-state index in [1.807, 2.05) is 107 Å². The molecule has 0 spiro atoms. The molecule has 17 nitrogen and oxygen atoms in total. The summed E-state index contributed by atoms with van der Waals surface area (Å²) in [6, 6.07) is 32.8. The molecular weight excluding hydrogens is 909 g/mol. The zero-order valence-corrected chi connectivity index (χ0v) is 39.4. The van der Waals surface area contributed by atoms with Crippen molar-refractivity contribution in [2.24, 2.45) is 0 Å². The summed E-state index contributed by atoms with van der Waals surface area (Å²) in [5.41, 5.74) is 13.8. The van der Waals surface area contributed by atoms with Gasteiger partial charge in [0.2, 0.25) is 0 Å². The summed E-state index contributed by atoms with van der Waals surface area (Å²) in [6.45, 7) is 6.03. The third-order valence-corrected chi connectivity index (χ3v) is 13.3. The highest BCUT2D eigenvalue weighted by atomic mass is 16.4. The summed E-state index contributed by atoms with van der Waals surface area (Å²) in [4.78, 5) is 49.7. The van der Waals surface area contributed by atoms with E-state index in [-0.39, 0.29) is 19.3 Å². The number of carbonyl (C=O) groups is 2. The number of carbonyl (C=O) groups excluding carboxylic acids is 1. The Morgan fingerprint density at radius 1 is 0.583 bits per heavy atom. The molecule has 10 aromatic rings. The van der Waals surface area contributed by atoms with Crippen molar-refractivity contribution in [2.75, 3.05) is 26.2 Å². The molecule has 368 valence electrons. The fourth-order valence-corrected chi connectivity index (χ4v) is 9.49. The topological polar surface area (TPSA) is 228 Å². The van der Waals surface area contributed by atoms with Crippen molar-refractivity contribution in [3.63, 3.8) is 0 Å². The van der Waals surface area contributed by atoms with Gasteiger partial charge in [-0.05, 0) is 76.9 Å². The van der Waals surface area contributed by atoms with Crippen LogP contribution in [-0.4, -0.2) is 120 Å². The number of aliphatic hydroxyl groups is 2. The maximum atomic E-state index is 12.2. The summed E-state index contributed by atoms with van der Waals surface area (Å²) in [6.07, 6.45) is 13.1. The number of pyridine rings is 2. The zero-order valence-electron chi connectivity index (χ0n) is 39.4. The van der Waals surface area contributed by atoms with Gasteiger partial charge >= 0.3 is 5.97 Å². The van der Waals surface area contributed by atoms with Gasteiger partial charge in [-0.15, -0.1) is 0 Å². The molecule has 0 radical (unpaired) electrons. The summed E-state index contributed by atoms with van der Waals surface area (Å²) < 4.78 is 3.77. The van der Waals surface area contributed by atoms with Crippen LogP contribution in [0.25, 0.3) is 78.1 Å². The van der Waals surface area contributed by atoms with E-state index in [9.17, 15) is 14.7 Å². The third-order valence-electron chi connectivity index (χ3n) is 13.3. The Bertz CT molecular complexity index is 3420. The standard InChI is InChI=1S/C27H26N6O2.C24H22N6.C3H6O3.CH4/c1-17(34)27(35)32-13-10-19(11-14-32)24-21-9-12-28-25(21)33-26(31-24)22(16-30-33)20-7-8-23(29-15-20)18-5-3-2-4-6-18;1-2-4-16(5-3-1)21-7-6-18(14-27-21)20-15-28-30-23-19(10-13-26-23)22(29-24(20)30)17-8-11-25-12-9-17;1-2(4)3(5)6;/h2-9,12,15-17,19,28,34H,10-11,13-14H2,1H3;1-7,10,13-15,17,25-26H,8-9,11-12H2;2,4H,1H3,(H,5,6);1H4/t17-;;2-;/m1.1./s1. The number of nitrogens with zero attached hydrogens (tertiary/aromatic N) is 9. The molecule has 0 aliphatic carbocycles. The number of aromatic amines is 2. The molecule has 6 N–H and O–H groups in total. The largest absolute Gasteiger partial charge is 0.479 e. The Morgan fingerprint density at radius 2 is 1.03 bits per heavy atom. The molecule has 1 amide bonds. The van der Waals surface area contributed by atoms with Gasteiger partial charge in [0.15, 0.2) is 11.3 Å². The molecule has 2 saturated heterocycles. The van der Waals surface area contributed by atoms with Gasteiger partial charge in [0, 0.05) is 93.9 Å². The molecule has 10 heterocycles. The predicted octanol–water partition coefficient (Wildman–Crippen LogP) is 8.52. The number of aliphatic hydroxyl groups excluding tert-OH is 2. The number of carboxylic acid groups (broad SMARTS) is 1. The van der Waals surface area contributed by atoms with E-state index >= 15 is 0 Å². The first-order valence-corrected chi connectivity index (χ1v) is 23.9. The van der Waals surface area contributed by atoms with Crippen LogP contribution in [0.1, 0.15) is 70.2 Å². The third kappa shape index (κ3) is 9.94. The van der Waals surface area contributed by atoms with E-state index in [0.717, 1.165) is 117 Å². The summed E-state index contributed by atoms with van der Waals surface area (Å²) in [5, 5.41) is 40.4. The van der Waals surface area contributed by atoms with Gasteiger partial charge in [-0.25, -0.2) is 14.8 Å². The molecule has 72 heavy (non-hydrogen) atoms. The van der Waals surface area contributed by atoms with Crippen LogP contribution in [0.15, 0.2) is 134 Å². The van der Waals surface area contributed by atoms with Gasteiger partial charge in [0.1, 0.15) is 23.5 Å². The number of hydrogen-bond donors (Lipinski definition) is 6. The maximum Gasteiger partial charge on any atom is 0.332 e. The quantitative estimate of drug-likeness (QED) is 0.0842. The van der Waals surface area contributed by atoms with E-state index in [4.69, 9.17) is 25.2 Å². The molecule has 0 saturated carbocycles. The minimum absolute atomic E-state index is 0.